The molecule has 0 spiro atoms. The molecular formula is C17H24Cl3N3O2. The summed E-state index contributed by atoms with van der Waals surface area (Å²) in [6, 6.07) is 4.94. The van der Waals surface area contributed by atoms with Crippen LogP contribution in [0.3, 0.4) is 0 Å². The van der Waals surface area contributed by atoms with Gasteiger partial charge in [-0.3, -0.25) is 9.59 Å². The van der Waals surface area contributed by atoms with Gasteiger partial charge in [0.25, 0.3) is 0 Å². The summed E-state index contributed by atoms with van der Waals surface area (Å²) >= 11 is 11.9. The fourth-order valence-electron chi connectivity index (χ4n) is 2.99. The number of anilines is 1. The zero-order valence-corrected chi connectivity index (χ0v) is 16.5. The third kappa shape index (κ3) is 6.33. The van der Waals surface area contributed by atoms with Crippen molar-refractivity contribution >= 4 is 53.1 Å². The van der Waals surface area contributed by atoms with Crippen LogP contribution >= 0.6 is 35.6 Å². The van der Waals surface area contributed by atoms with Crippen molar-refractivity contribution < 1.29 is 9.59 Å². The van der Waals surface area contributed by atoms with Crippen LogP contribution in [-0.4, -0.2) is 35.8 Å². The van der Waals surface area contributed by atoms with Crippen molar-refractivity contribution in [2.24, 2.45) is 11.7 Å². The molecule has 0 bridgehead atoms. The molecule has 0 radical (unpaired) electrons. The topological polar surface area (TPSA) is 75.4 Å². The van der Waals surface area contributed by atoms with E-state index in [1.807, 2.05) is 6.92 Å². The molecule has 0 aliphatic heterocycles. The van der Waals surface area contributed by atoms with Gasteiger partial charge in [0.2, 0.25) is 11.8 Å². The minimum atomic E-state index is -0.275. The summed E-state index contributed by atoms with van der Waals surface area (Å²) in [5.41, 5.74) is 6.38. The third-order valence-electron chi connectivity index (χ3n) is 4.17. The van der Waals surface area contributed by atoms with E-state index in [0.717, 1.165) is 19.3 Å². The standard InChI is InChI=1S/C17H23Cl2N3O2.ClH/c1-2-7-22(17(24)11-3-5-13(20)8-11)10-16(23)21-15-6-4-12(18)9-14(15)19;/h4,6,9,11,13H,2-3,5,7-8,10,20H2,1H3,(H,21,23);1H. The second kappa shape index (κ2) is 10.2. The summed E-state index contributed by atoms with van der Waals surface area (Å²) in [5.74, 6) is -0.330. The quantitative estimate of drug-likeness (QED) is 0.753. The van der Waals surface area contributed by atoms with E-state index in [9.17, 15) is 9.59 Å². The van der Waals surface area contributed by atoms with Gasteiger partial charge in [-0.05, 0) is 43.9 Å². The minimum absolute atomic E-state index is 0. The molecule has 1 aromatic carbocycles. The van der Waals surface area contributed by atoms with Crippen LogP contribution < -0.4 is 11.1 Å². The first-order valence-corrected chi connectivity index (χ1v) is 8.95. The average Bonchev–Trinajstić information content (AvgIpc) is 2.95. The summed E-state index contributed by atoms with van der Waals surface area (Å²) in [7, 11) is 0. The molecule has 5 nitrogen and oxygen atoms in total. The highest BCUT2D eigenvalue weighted by atomic mass is 35.5. The fraction of sp³-hybridized carbons (Fsp3) is 0.529. The predicted octanol–water partition coefficient (Wildman–Crippen LogP) is 3.72. The number of nitrogens with zero attached hydrogens (tertiary/aromatic N) is 1. The first-order chi connectivity index (χ1) is 11.4. The first kappa shape index (κ1) is 22.0. The number of hydrogen-bond donors (Lipinski definition) is 2. The molecule has 3 N–H and O–H groups in total. The van der Waals surface area contributed by atoms with Crippen molar-refractivity contribution in [1.82, 2.24) is 4.90 Å². The number of halogens is 3. The molecule has 1 aromatic rings. The first-order valence-electron chi connectivity index (χ1n) is 8.20. The van der Waals surface area contributed by atoms with Gasteiger partial charge in [0, 0.05) is 23.5 Å². The van der Waals surface area contributed by atoms with Gasteiger partial charge in [-0.1, -0.05) is 30.1 Å². The van der Waals surface area contributed by atoms with Crippen molar-refractivity contribution in [3.05, 3.63) is 28.2 Å². The van der Waals surface area contributed by atoms with E-state index >= 15 is 0 Å². The Kier molecular flexibility index (Phi) is 9.00. The summed E-state index contributed by atoms with van der Waals surface area (Å²) in [4.78, 5) is 26.5. The van der Waals surface area contributed by atoms with Crippen molar-refractivity contribution in [3.8, 4) is 0 Å². The molecule has 25 heavy (non-hydrogen) atoms. The number of rotatable bonds is 6. The summed E-state index contributed by atoms with van der Waals surface area (Å²) in [5, 5.41) is 3.60. The van der Waals surface area contributed by atoms with Gasteiger partial charge < -0.3 is 16.0 Å². The Hall–Kier alpha value is -1.01. The van der Waals surface area contributed by atoms with Gasteiger partial charge in [0.15, 0.2) is 0 Å². The van der Waals surface area contributed by atoms with E-state index in [1.54, 1.807) is 23.1 Å². The molecule has 1 aliphatic carbocycles. The summed E-state index contributed by atoms with van der Waals surface area (Å²) in [6.45, 7) is 2.54. The number of nitrogens with one attached hydrogen (secondary N) is 1. The molecule has 1 fully saturated rings. The number of nitrogens with two attached hydrogens (primary N) is 1. The maximum absolute atomic E-state index is 12.6. The monoisotopic (exact) mass is 407 g/mol. The number of amides is 2. The molecule has 1 aliphatic rings. The van der Waals surface area contributed by atoms with E-state index in [2.05, 4.69) is 5.32 Å². The highest BCUT2D eigenvalue weighted by Crippen LogP contribution is 2.27. The van der Waals surface area contributed by atoms with Gasteiger partial charge in [-0.2, -0.15) is 0 Å². The van der Waals surface area contributed by atoms with E-state index in [4.69, 9.17) is 28.9 Å². The Morgan fingerprint density at radius 2 is 2.04 bits per heavy atom. The van der Waals surface area contributed by atoms with Crippen LogP contribution in [0.15, 0.2) is 18.2 Å². The third-order valence-corrected chi connectivity index (χ3v) is 4.72. The van der Waals surface area contributed by atoms with Crippen molar-refractivity contribution in [2.75, 3.05) is 18.4 Å². The summed E-state index contributed by atoms with van der Waals surface area (Å²) < 4.78 is 0. The van der Waals surface area contributed by atoms with Crippen LogP contribution in [0.25, 0.3) is 0 Å². The summed E-state index contributed by atoms with van der Waals surface area (Å²) in [6.07, 6.45) is 3.15. The number of carbonyl (C=O) groups is 2. The van der Waals surface area contributed by atoms with Gasteiger partial charge in [0.1, 0.15) is 0 Å². The lowest BCUT2D eigenvalue weighted by molar-refractivity contribution is -0.138. The normalized spacial score (nSPS) is 19.2. The lowest BCUT2D eigenvalue weighted by atomic mass is 10.1. The Morgan fingerprint density at radius 3 is 2.60 bits per heavy atom. The molecule has 2 atom stereocenters. The van der Waals surface area contributed by atoms with Crippen LogP contribution in [-0.2, 0) is 9.59 Å². The van der Waals surface area contributed by atoms with Gasteiger partial charge in [0.05, 0.1) is 17.3 Å². The van der Waals surface area contributed by atoms with Gasteiger partial charge >= 0.3 is 0 Å². The number of hydrogen-bond acceptors (Lipinski definition) is 3. The van der Waals surface area contributed by atoms with Crippen molar-refractivity contribution in [3.63, 3.8) is 0 Å². The van der Waals surface area contributed by atoms with Crippen LogP contribution in [0.1, 0.15) is 32.6 Å². The van der Waals surface area contributed by atoms with E-state index in [0.29, 0.717) is 28.7 Å². The maximum atomic E-state index is 12.6. The van der Waals surface area contributed by atoms with Crippen LogP contribution in [0.2, 0.25) is 10.0 Å². The molecule has 0 heterocycles. The molecule has 0 saturated heterocycles. The Labute approximate surface area is 164 Å². The smallest absolute Gasteiger partial charge is 0.244 e. The average molecular weight is 409 g/mol. The second-order valence-electron chi connectivity index (χ2n) is 6.20. The predicted molar refractivity (Wildman–Crippen MR) is 105 cm³/mol. The van der Waals surface area contributed by atoms with Crippen LogP contribution in [0, 0.1) is 5.92 Å². The highest BCUT2D eigenvalue weighted by Gasteiger charge is 2.31. The lowest BCUT2D eigenvalue weighted by Crippen LogP contribution is -2.41. The molecule has 8 heteroatoms. The fourth-order valence-corrected chi connectivity index (χ4v) is 3.45. The van der Waals surface area contributed by atoms with E-state index in [-0.39, 0.29) is 42.7 Å². The molecule has 140 valence electrons. The maximum Gasteiger partial charge on any atom is 0.244 e. The molecule has 2 unspecified atom stereocenters. The largest absolute Gasteiger partial charge is 0.333 e. The zero-order valence-electron chi connectivity index (χ0n) is 14.1. The minimum Gasteiger partial charge on any atom is -0.333 e. The van der Waals surface area contributed by atoms with Gasteiger partial charge in [-0.15, -0.1) is 12.4 Å². The SMILES string of the molecule is CCCN(CC(=O)Nc1ccc(Cl)cc1Cl)C(=O)C1CCC(N)C1.Cl. The highest BCUT2D eigenvalue weighted by molar-refractivity contribution is 6.36. The van der Waals surface area contributed by atoms with Crippen LogP contribution in [0.5, 0.6) is 0 Å². The Morgan fingerprint density at radius 1 is 1.32 bits per heavy atom. The van der Waals surface area contributed by atoms with Crippen LogP contribution in [0.4, 0.5) is 5.69 Å². The molecule has 2 rings (SSSR count). The Balaban J connectivity index is 0.00000312. The number of benzene rings is 1. The van der Waals surface area contributed by atoms with E-state index < -0.39 is 0 Å². The molecular weight excluding hydrogens is 385 g/mol. The van der Waals surface area contributed by atoms with Crippen molar-refractivity contribution in [1.29, 1.82) is 0 Å². The van der Waals surface area contributed by atoms with Gasteiger partial charge in [-0.25, -0.2) is 0 Å². The van der Waals surface area contributed by atoms with E-state index in [1.165, 1.54) is 0 Å². The number of carbonyl (C=O) groups excluding carboxylic acids is 2. The Bertz CT molecular complexity index is 613. The molecule has 1 saturated carbocycles. The zero-order chi connectivity index (χ0) is 17.7. The molecule has 2 amide bonds. The lowest BCUT2D eigenvalue weighted by Gasteiger charge is -2.25. The second-order valence-corrected chi connectivity index (χ2v) is 7.05. The van der Waals surface area contributed by atoms with Crippen molar-refractivity contribution in [2.45, 2.75) is 38.6 Å². The molecule has 0 aromatic heterocycles.